The van der Waals surface area contributed by atoms with Crippen LogP contribution < -0.4 is 5.32 Å². The molecule has 1 saturated heterocycles. The van der Waals surface area contributed by atoms with Crippen molar-refractivity contribution in [2.45, 2.75) is 37.6 Å². The third-order valence-corrected chi connectivity index (χ3v) is 3.08. The zero-order valence-corrected chi connectivity index (χ0v) is 8.28. The minimum atomic E-state index is -0.724. The van der Waals surface area contributed by atoms with Crippen LogP contribution in [0.1, 0.15) is 26.7 Å². The summed E-state index contributed by atoms with van der Waals surface area (Å²) in [6.45, 7) is 4.23. The van der Waals surface area contributed by atoms with Gasteiger partial charge >= 0.3 is 5.97 Å². The number of hydrogen-bond acceptors (Lipinski definition) is 3. The zero-order chi connectivity index (χ0) is 9.19. The van der Waals surface area contributed by atoms with E-state index < -0.39 is 5.97 Å². The molecule has 3 nitrogen and oxygen atoms in total. The lowest BCUT2D eigenvalue weighted by atomic mass is 10.0. The summed E-state index contributed by atoms with van der Waals surface area (Å²) in [6.07, 6.45) is 1.32. The Hall–Kier alpha value is -0.220. The summed E-state index contributed by atoms with van der Waals surface area (Å²) >= 11 is 1.70. The average molecular weight is 189 g/mol. The number of aliphatic carboxylic acids is 1. The first-order valence-electron chi connectivity index (χ1n) is 4.11. The van der Waals surface area contributed by atoms with Crippen LogP contribution in [0, 0.1) is 0 Å². The average Bonchev–Trinajstić information content (AvgIpc) is 1.82. The molecule has 1 fully saturated rings. The van der Waals surface area contributed by atoms with Crippen LogP contribution in [0.3, 0.4) is 0 Å². The standard InChI is InChI=1S/C8H15NO2S/c1-8(2)3-4-12-6(9-8)5-7(10)11/h6,9H,3-5H2,1-2H3,(H,10,11). The van der Waals surface area contributed by atoms with Crippen molar-refractivity contribution in [3.8, 4) is 0 Å². The van der Waals surface area contributed by atoms with E-state index in [1.54, 1.807) is 11.8 Å². The van der Waals surface area contributed by atoms with Gasteiger partial charge in [-0.05, 0) is 26.0 Å². The van der Waals surface area contributed by atoms with E-state index in [1.807, 2.05) is 0 Å². The van der Waals surface area contributed by atoms with Gasteiger partial charge in [0.05, 0.1) is 11.8 Å². The highest BCUT2D eigenvalue weighted by atomic mass is 32.2. The van der Waals surface area contributed by atoms with Crippen molar-refractivity contribution >= 4 is 17.7 Å². The normalized spacial score (nSPS) is 28.3. The highest BCUT2D eigenvalue weighted by Gasteiger charge is 2.28. The Bertz CT molecular complexity index is 182. The molecule has 1 unspecified atom stereocenters. The smallest absolute Gasteiger partial charge is 0.305 e. The molecular formula is C8H15NO2S. The lowest BCUT2D eigenvalue weighted by Crippen LogP contribution is -2.49. The van der Waals surface area contributed by atoms with Gasteiger partial charge in [-0.3, -0.25) is 10.1 Å². The lowest BCUT2D eigenvalue weighted by molar-refractivity contribution is -0.137. The van der Waals surface area contributed by atoms with E-state index in [0.29, 0.717) is 0 Å². The van der Waals surface area contributed by atoms with Crippen LogP contribution in [0.2, 0.25) is 0 Å². The van der Waals surface area contributed by atoms with Crippen molar-refractivity contribution in [1.29, 1.82) is 0 Å². The molecule has 12 heavy (non-hydrogen) atoms. The van der Waals surface area contributed by atoms with Crippen molar-refractivity contribution in [2.24, 2.45) is 0 Å². The molecule has 1 rings (SSSR count). The van der Waals surface area contributed by atoms with E-state index in [-0.39, 0.29) is 17.3 Å². The molecule has 0 radical (unpaired) electrons. The number of carboxylic acid groups (broad SMARTS) is 1. The predicted octanol–water partition coefficient (Wildman–Crippen LogP) is 1.29. The maximum Gasteiger partial charge on any atom is 0.305 e. The number of thioether (sulfide) groups is 1. The number of nitrogens with one attached hydrogen (secondary N) is 1. The summed E-state index contributed by atoms with van der Waals surface area (Å²) in [7, 11) is 0. The molecule has 0 aromatic carbocycles. The molecule has 1 aliphatic heterocycles. The summed E-state index contributed by atoms with van der Waals surface area (Å²) in [5, 5.41) is 12.0. The number of carbonyl (C=O) groups is 1. The fourth-order valence-corrected chi connectivity index (χ4v) is 2.85. The van der Waals surface area contributed by atoms with E-state index in [2.05, 4.69) is 19.2 Å². The number of rotatable bonds is 2. The minimum absolute atomic E-state index is 0.0891. The lowest BCUT2D eigenvalue weighted by Gasteiger charge is -2.36. The number of hydrogen-bond donors (Lipinski definition) is 2. The molecule has 1 heterocycles. The van der Waals surface area contributed by atoms with Crippen molar-refractivity contribution in [3.05, 3.63) is 0 Å². The topological polar surface area (TPSA) is 49.3 Å². The van der Waals surface area contributed by atoms with Gasteiger partial charge in [0.25, 0.3) is 0 Å². The van der Waals surface area contributed by atoms with Gasteiger partial charge in [0.1, 0.15) is 0 Å². The van der Waals surface area contributed by atoms with Gasteiger partial charge in [0.2, 0.25) is 0 Å². The third kappa shape index (κ3) is 3.03. The van der Waals surface area contributed by atoms with Crippen LogP contribution in [0.5, 0.6) is 0 Å². The Labute approximate surface area is 76.9 Å². The molecule has 2 N–H and O–H groups in total. The van der Waals surface area contributed by atoms with Crippen molar-refractivity contribution < 1.29 is 9.90 Å². The van der Waals surface area contributed by atoms with Crippen LogP contribution in [-0.2, 0) is 4.79 Å². The highest BCUT2D eigenvalue weighted by molar-refractivity contribution is 7.99. The van der Waals surface area contributed by atoms with Crippen LogP contribution >= 0.6 is 11.8 Å². The van der Waals surface area contributed by atoms with Gasteiger partial charge in [0.15, 0.2) is 0 Å². The van der Waals surface area contributed by atoms with Crippen LogP contribution in [0.25, 0.3) is 0 Å². The van der Waals surface area contributed by atoms with Gasteiger partial charge in [-0.25, -0.2) is 0 Å². The fraction of sp³-hybridized carbons (Fsp3) is 0.875. The minimum Gasteiger partial charge on any atom is -0.481 e. The Kier molecular flexibility index (Phi) is 3.01. The van der Waals surface area contributed by atoms with Crippen LogP contribution in [0.4, 0.5) is 0 Å². The molecule has 1 aliphatic rings. The number of carboxylic acids is 1. The molecule has 0 aromatic rings. The molecule has 0 amide bonds. The molecule has 0 aliphatic carbocycles. The van der Waals surface area contributed by atoms with Gasteiger partial charge < -0.3 is 5.11 Å². The summed E-state index contributed by atoms with van der Waals surface area (Å²) in [5.41, 5.74) is 0.103. The van der Waals surface area contributed by atoms with Gasteiger partial charge in [-0.15, -0.1) is 11.8 Å². The Balaban J connectivity index is 2.41. The summed E-state index contributed by atoms with van der Waals surface area (Å²) in [5.74, 6) is 0.329. The molecule has 0 aromatic heterocycles. The van der Waals surface area contributed by atoms with Crippen LogP contribution in [-0.4, -0.2) is 27.7 Å². The molecule has 70 valence electrons. The zero-order valence-electron chi connectivity index (χ0n) is 7.46. The Morgan fingerprint density at radius 2 is 2.42 bits per heavy atom. The van der Waals surface area contributed by atoms with Crippen LogP contribution in [0.15, 0.2) is 0 Å². The molecule has 4 heteroatoms. The first kappa shape index (κ1) is 9.86. The second-order valence-electron chi connectivity index (χ2n) is 3.74. The molecule has 0 spiro atoms. The first-order valence-corrected chi connectivity index (χ1v) is 5.15. The van der Waals surface area contributed by atoms with Gasteiger partial charge in [-0.1, -0.05) is 0 Å². The predicted molar refractivity (Wildman–Crippen MR) is 50.3 cm³/mol. The van der Waals surface area contributed by atoms with Crippen molar-refractivity contribution in [1.82, 2.24) is 5.32 Å². The Morgan fingerprint density at radius 3 is 2.92 bits per heavy atom. The third-order valence-electron chi connectivity index (χ3n) is 1.96. The largest absolute Gasteiger partial charge is 0.481 e. The maximum absolute atomic E-state index is 10.4. The fourth-order valence-electron chi connectivity index (χ4n) is 1.27. The monoisotopic (exact) mass is 189 g/mol. The highest BCUT2D eigenvalue weighted by Crippen LogP contribution is 2.26. The summed E-state index contributed by atoms with van der Waals surface area (Å²) in [4.78, 5) is 10.4. The van der Waals surface area contributed by atoms with E-state index in [0.717, 1.165) is 12.2 Å². The van der Waals surface area contributed by atoms with Crippen molar-refractivity contribution in [2.75, 3.05) is 5.75 Å². The van der Waals surface area contributed by atoms with E-state index in [4.69, 9.17) is 5.11 Å². The Morgan fingerprint density at radius 1 is 1.75 bits per heavy atom. The molecule has 1 atom stereocenters. The molecule has 0 saturated carbocycles. The van der Waals surface area contributed by atoms with E-state index >= 15 is 0 Å². The second kappa shape index (κ2) is 3.66. The van der Waals surface area contributed by atoms with E-state index in [9.17, 15) is 4.79 Å². The summed E-state index contributed by atoms with van der Waals surface area (Å²) < 4.78 is 0. The maximum atomic E-state index is 10.4. The molecule has 0 bridgehead atoms. The quantitative estimate of drug-likeness (QED) is 0.687. The molecular weight excluding hydrogens is 174 g/mol. The van der Waals surface area contributed by atoms with Crippen molar-refractivity contribution in [3.63, 3.8) is 0 Å². The second-order valence-corrected chi connectivity index (χ2v) is 5.05. The summed E-state index contributed by atoms with van der Waals surface area (Å²) in [6, 6.07) is 0. The van der Waals surface area contributed by atoms with Gasteiger partial charge in [-0.2, -0.15) is 0 Å². The first-order chi connectivity index (χ1) is 5.49. The SMILES string of the molecule is CC1(C)CCSC(CC(=O)O)N1. The van der Waals surface area contributed by atoms with Gasteiger partial charge in [0, 0.05) is 5.54 Å². The van der Waals surface area contributed by atoms with E-state index in [1.165, 1.54) is 0 Å².